The molecule has 2 N–H and O–H groups in total. The van der Waals surface area contributed by atoms with E-state index in [1.54, 1.807) is 22.6 Å². The molecule has 1 aromatic rings. The van der Waals surface area contributed by atoms with Gasteiger partial charge >= 0.3 is 0 Å². The molecule has 0 spiro atoms. The Labute approximate surface area is 86.3 Å². The zero-order valence-electron chi connectivity index (χ0n) is 5.69. The lowest BCUT2D eigenvalue weighted by Crippen LogP contribution is -1.97. The second-order valence-electron chi connectivity index (χ2n) is 2.04. The SMILES string of the molecule is Nc1cc(C(F)F)nc(I)c1Cl. The van der Waals surface area contributed by atoms with Gasteiger partial charge in [0.15, 0.2) is 0 Å². The van der Waals surface area contributed by atoms with Crippen LogP contribution in [0.15, 0.2) is 6.07 Å². The van der Waals surface area contributed by atoms with Gasteiger partial charge in [-0.05, 0) is 28.7 Å². The predicted octanol–water partition coefficient (Wildman–Crippen LogP) is 2.86. The Morgan fingerprint density at radius 2 is 2.17 bits per heavy atom. The van der Waals surface area contributed by atoms with Crippen molar-refractivity contribution >= 4 is 39.9 Å². The van der Waals surface area contributed by atoms with E-state index in [2.05, 4.69) is 4.98 Å². The Morgan fingerprint density at radius 3 is 2.58 bits per heavy atom. The smallest absolute Gasteiger partial charge is 0.280 e. The molecule has 0 unspecified atom stereocenters. The van der Waals surface area contributed by atoms with Crippen LogP contribution in [0.1, 0.15) is 12.1 Å². The Hall–Kier alpha value is -0.170. The number of aromatic nitrogens is 1. The molecule has 0 atom stereocenters. The summed E-state index contributed by atoms with van der Waals surface area (Å²) < 4.78 is 24.5. The van der Waals surface area contributed by atoms with E-state index in [0.717, 1.165) is 6.07 Å². The van der Waals surface area contributed by atoms with Crippen molar-refractivity contribution in [3.63, 3.8) is 0 Å². The summed E-state index contributed by atoms with van der Waals surface area (Å²) in [6.45, 7) is 0. The van der Waals surface area contributed by atoms with E-state index in [1.807, 2.05) is 0 Å². The molecular formula is C6H4ClF2IN2. The highest BCUT2D eigenvalue weighted by Crippen LogP contribution is 2.27. The third kappa shape index (κ3) is 1.95. The minimum atomic E-state index is -2.61. The van der Waals surface area contributed by atoms with Gasteiger partial charge in [-0.25, -0.2) is 13.8 Å². The molecule has 0 aromatic carbocycles. The molecule has 0 aliphatic carbocycles. The highest BCUT2D eigenvalue weighted by atomic mass is 127. The number of nitrogens with zero attached hydrogens (tertiary/aromatic N) is 1. The van der Waals surface area contributed by atoms with Gasteiger partial charge < -0.3 is 5.73 Å². The molecule has 0 saturated carbocycles. The van der Waals surface area contributed by atoms with E-state index >= 15 is 0 Å². The molecule has 0 amide bonds. The molecular weight excluding hydrogens is 300 g/mol. The average Bonchev–Trinajstić information content (AvgIpc) is 1.99. The van der Waals surface area contributed by atoms with Crippen LogP contribution < -0.4 is 5.73 Å². The number of halogens is 4. The van der Waals surface area contributed by atoms with Crippen LogP contribution in [0.5, 0.6) is 0 Å². The number of hydrogen-bond acceptors (Lipinski definition) is 2. The molecule has 1 rings (SSSR count). The number of nitrogens with two attached hydrogens (primary N) is 1. The van der Waals surface area contributed by atoms with E-state index in [1.165, 1.54) is 0 Å². The van der Waals surface area contributed by atoms with Crippen LogP contribution in [0.4, 0.5) is 14.5 Å². The number of rotatable bonds is 1. The van der Waals surface area contributed by atoms with Gasteiger partial charge in [0, 0.05) is 0 Å². The normalized spacial score (nSPS) is 10.8. The number of nitrogen functional groups attached to an aromatic ring is 1. The Kier molecular flexibility index (Phi) is 3.05. The maximum atomic E-state index is 12.1. The van der Waals surface area contributed by atoms with Gasteiger partial charge in [-0.2, -0.15) is 0 Å². The van der Waals surface area contributed by atoms with Crippen LogP contribution in [-0.4, -0.2) is 4.98 Å². The Morgan fingerprint density at radius 1 is 1.58 bits per heavy atom. The molecule has 0 fully saturated rings. The van der Waals surface area contributed by atoms with Crippen molar-refractivity contribution in [3.8, 4) is 0 Å². The largest absolute Gasteiger partial charge is 0.397 e. The zero-order valence-corrected chi connectivity index (χ0v) is 8.60. The molecule has 0 aliphatic rings. The van der Waals surface area contributed by atoms with E-state index in [-0.39, 0.29) is 16.4 Å². The third-order valence-electron chi connectivity index (χ3n) is 1.19. The van der Waals surface area contributed by atoms with Crippen molar-refractivity contribution in [1.82, 2.24) is 4.98 Å². The van der Waals surface area contributed by atoms with Crippen molar-refractivity contribution in [2.24, 2.45) is 0 Å². The van der Waals surface area contributed by atoms with E-state index in [4.69, 9.17) is 17.3 Å². The molecule has 0 aliphatic heterocycles. The van der Waals surface area contributed by atoms with Gasteiger partial charge in [0.05, 0.1) is 10.7 Å². The lowest BCUT2D eigenvalue weighted by molar-refractivity contribution is 0.146. The Bertz CT molecular complexity index is 283. The summed E-state index contributed by atoms with van der Waals surface area (Å²) in [5.41, 5.74) is 5.13. The maximum absolute atomic E-state index is 12.1. The quantitative estimate of drug-likeness (QED) is 0.640. The molecule has 1 aromatic heterocycles. The van der Waals surface area contributed by atoms with Crippen molar-refractivity contribution < 1.29 is 8.78 Å². The first kappa shape index (κ1) is 9.91. The zero-order chi connectivity index (χ0) is 9.30. The minimum absolute atomic E-state index is 0.131. The summed E-state index contributed by atoms with van der Waals surface area (Å²) >= 11 is 7.37. The first-order valence-corrected chi connectivity index (χ1v) is 4.37. The first-order valence-electron chi connectivity index (χ1n) is 2.92. The lowest BCUT2D eigenvalue weighted by Gasteiger charge is -2.03. The minimum Gasteiger partial charge on any atom is -0.397 e. The molecule has 0 bridgehead atoms. The fourth-order valence-electron chi connectivity index (χ4n) is 0.648. The van der Waals surface area contributed by atoms with Gasteiger partial charge in [0.1, 0.15) is 9.39 Å². The van der Waals surface area contributed by atoms with Gasteiger partial charge in [0.2, 0.25) is 0 Å². The van der Waals surface area contributed by atoms with E-state index in [9.17, 15) is 8.78 Å². The van der Waals surface area contributed by atoms with Gasteiger partial charge in [-0.1, -0.05) is 11.6 Å². The average molecular weight is 304 g/mol. The van der Waals surface area contributed by atoms with Crippen molar-refractivity contribution in [1.29, 1.82) is 0 Å². The van der Waals surface area contributed by atoms with E-state index in [0.29, 0.717) is 3.70 Å². The molecule has 66 valence electrons. The summed E-state index contributed by atoms with van der Waals surface area (Å²) in [5, 5.41) is 0.222. The van der Waals surface area contributed by atoms with Gasteiger partial charge in [0.25, 0.3) is 6.43 Å². The Balaban J connectivity index is 3.21. The fourth-order valence-corrected chi connectivity index (χ4v) is 1.34. The summed E-state index contributed by atoms with van der Waals surface area (Å²) in [5.74, 6) is 0. The number of alkyl halides is 2. The second kappa shape index (κ2) is 3.69. The maximum Gasteiger partial charge on any atom is 0.280 e. The molecule has 0 radical (unpaired) electrons. The van der Waals surface area contributed by atoms with Gasteiger partial charge in [-0.15, -0.1) is 0 Å². The van der Waals surface area contributed by atoms with Crippen LogP contribution in [0.25, 0.3) is 0 Å². The molecule has 6 heteroatoms. The van der Waals surface area contributed by atoms with Crippen LogP contribution in [-0.2, 0) is 0 Å². The van der Waals surface area contributed by atoms with Crippen LogP contribution in [0.3, 0.4) is 0 Å². The molecule has 1 heterocycles. The first-order chi connectivity index (χ1) is 5.52. The van der Waals surface area contributed by atoms with Crippen molar-refractivity contribution in [2.45, 2.75) is 6.43 Å². The number of hydrogen-bond donors (Lipinski definition) is 1. The van der Waals surface area contributed by atoms with Crippen LogP contribution in [0.2, 0.25) is 5.02 Å². The summed E-state index contributed by atoms with van der Waals surface area (Å²) in [7, 11) is 0. The van der Waals surface area contributed by atoms with Crippen molar-refractivity contribution in [2.75, 3.05) is 5.73 Å². The predicted molar refractivity (Wildman–Crippen MR) is 51.3 cm³/mol. The molecule has 0 saturated heterocycles. The highest BCUT2D eigenvalue weighted by Gasteiger charge is 2.13. The standard InChI is InChI=1S/C6H4ClF2IN2/c7-4-2(11)1-3(5(8)9)12-6(4)10/h1,5H,(H2,11,12). The van der Waals surface area contributed by atoms with Crippen LogP contribution in [0, 0.1) is 3.70 Å². The van der Waals surface area contributed by atoms with Crippen molar-refractivity contribution in [3.05, 3.63) is 20.5 Å². The summed E-state index contributed by atoms with van der Waals surface area (Å²) in [6, 6.07) is 1.08. The van der Waals surface area contributed by atoms with Gasteiger partial charge in [-0.3, -0.25) is 0 Å². The summed E-state index contributed by atoms with van der Waals surface area (Å²) in [4.78, 5) is 3.56. The second-order valence-corrected chi connectivity index (χ2v) is 3.44. The van der Waals surface area contributed by atoms with Crippen LogP contribution >= 0.6 is 34.2 Å². The topological polar surface area (TPSA) is 38.9 Å². The highest BCUT2D eigenvalue weighted by molar-refractivity contribution is 14.1. The van der Waals surface area contributed by atoms with E-state index < -0.39 is 6.43 Å². The third-order valence-corrected chi connectivity index (χ3v) is 2.69. The molecule has 2 nitrogen and oxygen atoms in total. The monoisotopic (exact) mass is 304 g/mol. The number of anilines is 1. The number of pyridine rings is 1. The summed E-state index contributed by atoms with van der Waals surface area (Å²) in [6.07, 6.45) is -2.61. The molecule has 12 heavy (non-hydrogen) atoms. The fraction of sp³-hybridized carbons (Fsp3) is 0.167. The lowest BCUT2D eigenvalue weighted by atomic mass is 10.3.